The molecule has 2 heterocycles. The Hall–Kier alpha value is -3.21. The van der Waals surface area contributed by atoms with Gasteiger partial charge in [-0.2, -0.15) is 0 Å². The summed E-state index contributed by atoms with van der Waals surface area (Å²) >= 11 is 0. The third-order valence-corrected chi connectivity index (χ3v) is 5.54. The Kier molecular flexibility index (Phi) is 6.15. The van der Waals surface area contributed by atoms with E-state index in [0.717, 1.165) is 43.0 Å². The Bertz CT molecular complexity index is 854. The van der Waals surface area contributed by atoms with E-state index in [1.165, 1.54) is 0 Å². The molecule has 5 nitrogen and oxygen atoms in total. The average Bonchev–Trinajstić information content (AvgIpc) is 2.80. The average molecular weight is 386 g/mol. The molecule has 0 radical (unpaired) electrons. The number of aromatic nitrogens is 2. The van der Waals surface area contributed by atoms with Crippen LogP contribution in [-0.4, -0.2) is 35.5 Å². The summed E-state index contributed by atoms with van der Waals surface area (Å²) in [6.45, 7) is 2.55. The first-order valence-corrected chi connectivity index (χ1v) is 10.2. The molecule has 0 saturated carbocycles. The second-order valence-corrected chi connectivity index (χ2v) is 7.48. The summed E-state index contributed by atoms with van der Waals surface area (Å²) < 4.78 is 0. The summed E-state index contributed by atoms with van der Waals surface area (Å²) in [5.41, 5.74) is 2.04. The van der Waals surface area contributed by atoms with Gasteiger partial charge >= 0.3 is 0 Å². The minimum absolute atomic E-state index is 0.0659. The third-order valence-electron chi connectivity index (χ3n) is 5.54. The van der Waals surface area contributed by atoms with Gasteiger partial charge in [-0.1, -0.05) is 60.7 Å². The number of carbonyl (C=O) groups is 1. The number of rotatable bonds is 6. The van der Waals surface area contributed by atoms with E-state index in [1.807, 2.05) is 66.7 Å². The molecule has 29 heavy (non-hydrogen) atoms. The Morgan fingerprint density at radius 3 is 2.00 bits per heavy atom. The Balaban J connectivity index is 1.37. The van der Waals surface area contributed by atoms with E-state index >= 15 is 0 Å². The predicted molar refractivity (Wildman–Crippen MR) is 115 cm³/mol. The first-order chi connectivity index (χ1) is 14.3. The molecule has 148 valence electrons. The molecule has 1 fully saturated rings. The van der Waals surface area contributed by atoms with Crippen LogP contribution in [0, 0.1) is 5.92 Å². The minimum atomic E-state index is -0.282. The zero-order chi connectivity index (χ0) is 19.9. The summed E-state index contributed by atoms with van der Waals surface area (Å²) in [6.07, 6.45) is 5.61. The first kappa shape index (κ1) is 19.1. The summed E-state index contributed by atoms with van der Waals surface area (Å²) in [4.78, 5) is 24.0. The number of carbonyl (C=O) groups excluding carboxylic acids is 1. The maximum Gasteiger partial charge on any atom is 0.232 e. The summed E-state index contributed by atoms with van der Waals surface area (Å²) in [6, 6.07) is 21.8. The molecule has 0 aliphatic carbocycles. The van der Waals surface area contributed by atoms with Crippen molar-refractivity contribution < 1.29 is 4.79 Å². The number of nitrogens with one attached hydrogen (secondary N) is 1. The van der Waals surface area contributed by atoms with Gasteiger partial charge in [0, 0.05) is 32.0 Å². The van der Waals surface area contributed by atoms with Crippen LogP contribution in [0.3, 0.4) is 0 Å². The van der Waals surface area contributed by atoms with Crippen molar-refractivity contribution in [3.05, 3.63) is 90.3 Å². The van der Waals surface area contributed by atoms with Crippen LogP contribution >= 0.6 is 0 Å². The molecule has 1 amide bonds. The van der Waals surface area contributed by atoms with Crippen LogP contribution in [0.4, 0.5) is 5.95 Å². The van der Waals surface area contributed by atoms with Crippen LogP contribution in [0.15, 0.2) is 79.1 Å². The normalized spacial score (nSPS) is 14.7. The molecule has 3 aromatic rings. The molecule has 4 rings (SSSR count). The maximum absolute atomic E-state index is 13.1. The lowest BCUT2D eigenvalue weighted by Gasteiger charge is -2.32. The van der Waals surface area contributed by atoms with Gasteiger partial charge in [-0.05, 0) is 36.0 Å². The van der Waals surface area contributed by atoms with E-state index in [1.54, 1.807) is 12.4 Å². The van der Waals surface area contributed by atoms with Crippen LogP contribution in [0.5, 0.6) is 0 Å². The van der Waals surface area contributed by atoms with Gasteiger partial charge < -0.3 is 10.2 Å². The van der Waals surface area contributed by atoms with Gasteiger partial charge in [0.1, 0.15) is 0 Å². The summed E-state index contributed by atoms with van der Waals surface area (Å²) in [5, 5.41) is 3.22. The van der Waals surface area contributed by atoms with Gasteiger partial charge in [0.25, 0.3) is 0 Å². The largest absolute Gasteiger partial charge is 0.355 e. The molecule has 0 unspecified atom stereocenters. The fourth-order valence-electron chi connectivity index (χ4n) is 3.92. The topological polar surface area (TPSA) is 58.1 Å². The standard InChI is InChI=1S/C24H26N4O/c29-23(22(20-8-3-1-4-9-20)21-10-5-2-6-11-21)27-18-19-12-16-28(17-13-19)24-25-14-7-15-26-24/h1-11,14-15,19,22H,12-13,16-18H2,(H,27,29). The zero-order valence-corrected chi connectivity index (χ0v) is 16.4. The van der Waals surface area contributed by atoms with Crippen molar-refractivity contribution in [2.45, 2.75) is 18.8 Å². The van der Waals surface area contributed by atoms with E-state index in [9.17, 15) is 4.79 Å². The van der Waals surface area contributed by atoms with E-state index in [0.29, 0.717) is 12.5 Å². The number of hydrogen-bond acceptors (Lipinski definition) is 4. The molecule has 5 heteroatoms. The van der Waals surface area contributed by atoms with Crippen LogP contribution in [0.25, 0.3) is 0 Å². The Labute approximate surface area is 171 Å². The number of nitrogens with zero attached hydrogens (tertiary/aromatic N) is 3. The van der Waals surface area contributed by atoms with Gasteiger partial charge in [0.05, 0.1) is 5.92 Å². The molecular weight excluding hydrogens is 360 g/mol. The van der Waals surface area contributed by atoms with Crippen molar-refractivity contribution in [1.29, 1.82) is 0 Å². The highest BCUT2D eigenvalue weighted by Crippen LogP contribution is 2.25. The smallest absolute Gasteiger partial charge is 0.232 e. The molecule has 0 spiro atoms. The van der Waals surface area contributed by atoms with E-state index in [2.05, 4.69) is 20.2 Å². The van der Waals surface area contributed by atoms with Gasteiger partial charge in [0.2, 0.25) is 11.9 Å². The Morgan fingerprint density at radius 2 is 1.45 bits per heavy atom. The van der Waals surface area contributed by atoms with E-state index < -0.39 is 0 Å². The SMILES string of the molecule is O=C(NCC1CCN(c2ncccn2)CC1)C(c1ccccc1)c1ccccc1. The second-order valence-electron chi connectivity index (χ2n) is 7.48. The monoisotopic (exact) mass is 386 g/mol. The maximum atomic E-state index is 13.1. The van der Waals surface area contributed by atoms with Gasteiger partial charge in [-0.15, -0.1) is 0 Å². The lowest BCUT2D eigenvalue weighted by atomic mass is 9.90. The highest BCUT2D eigenvalue weighted by molar-refractivity contribution is 5.87. The number of benzene rings is 2. The molecule has 1 saturated heterocycles. The van der Waals surface area contributed by atoms with Crippen molar-refractivity contribution in [2.75, 3.05) is 24.5 Å². The molecule has 1 N–H and O–H groups in total. The lowest BCUT2D eigenvalue weighted by Crippen LogP contribution is -2.40. The van der Waals surface area contributed by atoms with Crippen molar-refractivity contribution in [3.8, 4) is 0 Å². The zero-order valence-electron chi connectivity index (χ0n) is 16.4. The van der Waals surface area contributed by atoms with Crippen LogP contribution < -0.4 is 10.2 Å². The molecule has 1 aromatic heterocycles. The van der Waals surface area contributed by atoms with Gasteiger partial charge in [-0.3, -0.25) is 4.79 Å². The third kappa shape index (κ3) is 4.80. The van der Waals surface area contributed by atoms with Crippen molar-refractivity contribution in [1.82, 2.24) is 15.3 Å². The number of anilines is 1. The van der Waals surface area contributed by atoms with Gasteiger partial charge in [0.15, 0.2) is 0 Å². The summed E-state index contributed by atoms with van der Waals surface area (Å²) in [5.74, 6) is 1.06. The highest BCUT2D eigenvalue weighted by Gasteiger charge is 2.25. The quantitative estimate of drug-likeness (QED) is 0.703. The van der Waals surface area contributed by atoms with Crippen molar-refractivity contribution in [3.63, 3.8) is 0 Å². The van der Waals surface area contributed by atoms with Crippen LogP contribution in [0.2, 0.25) is 0 Å². The molecule has 1 aliphatic rings. The van der Waals surface area contributed by atoms with Crippen molar-refractivity contribution >= 4 is 11.9 Å². The molecular formula is C24H26N4O. The minimum Gasteiger partial charge on any atom is -0.355 e. The highest BCUT2D eigenvalue weighted by atomic mass is 16.1. The first-order valence-electron chi connectivity index (χ1n) is 10.2. The van der Waals surface area contributed by atoms with Crippen LogP contribution in [0.1, 0.15) is 29.9 Å². The molecule has 0 atom stereocenters. The lowest BCUT2D eigenvalue weighted by molar-refractivity contribution is -0.121. The predicted octanol–water partition coefficient (Wildman–Crippen LogP) is 3.64. The molecule has 2 aromatic carbocycles. The van der Waals surface area contributed by atoms with E-state index in [-0.39, 0.29) is 11.8 Å². The number of piperidine rings is 1. The fourth-order valence-corrected chi connectivity index (χ4v) is 3.92. The Morgan fingerprint density at radius 1 is 0.897 bits per heavy atom. The molecule has 0 bridgehead atoms. The summed E-state index contributed by atoms with van der Waals surface area (Å²) in [7, 11) is 0. The number of amides is 1. The second kappa shape index (κ2) is 9.32. The molecule has 1 aliphatic heterocycles. The number of hydrogen-bond donors (Lipinski definition) is 1. The fraction of sp³-hybridized carbons (Fsp3) is 0.292. The van der Waals surface area contributed by atoms with Gasteiger partial charge in [-0.25, -0.2) is 9.97 Å². The van der Waals surface area contributed by atoms with E-state index in [4.69, 9.17) is 0 Å². The van der Waals surface area contributed by atoms with Crippen molar-refractivity contribution in [2.24, 2.45) is 5.92 Å². The van der Waals surface area contributed by atoms with Crippen LogP contribution in [-0.2, 0) is 4.79 Å².